The fraction of sp³-hybridized carbons (Fsp3) is 0.444. The number of aromatic nitrogens is 2. The smallest absolute Gasteiger partial charge is 0.254 e. The van der Waals surface area contributed by atoms with E-state index in [0.717, 1.165) is 42.0 Å². The van der Waals surface area contributed by atoms with Crippen LogP contribution in [-0.2, 0) is 12.8 Å². The Morgan fingerprint density at radius 3 is 3.17 bits per heavy atom. The van der Waals surface area contributed by atoms with Crippen LogP contribution in [0.2, 0.25) is 0 Å². The fourth-order valence-electron chi connectivity index (χ4n) is 2.95. The lowest BCUT2D eigenvalue weighted by Gasteiger charge is -2.25. The van der Waals surface area contributed by atoms with Gasteiger partial charge >= 0.3 is 0 Å². The van der Waals surface area contributed by atoms with Gasteiger partial charge in [-0.1, -0.05) is 19.4 Å². The first-order valence-corrected chi connectivity index (χ1v) is 8.31. The molecule has 1 aliphatic rings. The van der Waals surface area contributed by atoms with Crippen LogP contribution in [0.3, 0.4) is 0 Å². The number of methoxy groups -OCH3 is 1. The molecule has 2 N–H and O–H groups in total. The van der Waals surface area contributed by atoms with Gasteiger partial charge in [-0.05, 0) is 24.5 Å². The third-order valence-corrected chi connectivity index (χ3v) is 4.27. The normalized spacial score (nSPS) is 16.2. The van der Waals surface area contributed by atoms with Crippen LogP contribution in [0.1, 0.15) is 35.0 Å². The molecule has 2 aromatic rings. The minimum Gasteiger partial charge on any atom is -0.497 e. The molecule has 0 aliphatic carbocycles. The van der Waals surface area contributed by atoms with E-state index < -0.39 is 0 Å². The van der Waals surface area contributed by atoms with Crippen molar-refractivity contribution in [2.75, 3.05) is 20.3 Å². The second-order valence-corrected chi connectivity index (χ2v) is 6.08. The molecule has 0 unspecified atom stereocenters. The number of carbonyl (C=O) groups is 1. The van der Waals surface area contributed by atoms with Crippen molar-refractivity contribution in [1.29, 1.82) is 0 Å². The molecule has 1 aromatic carbocycles. The molecular weight excluding hydrogens is 306 g/mol. The summed E-state index contributed by atoms with van der Waals surface area (Å²) in [5.41, 5.74) is 2.68. The molecule has 1 atom stereocenters. The second kappa shape index (κ2) is 7.38. The Balaban J connectivity index is 1.57. The number of nitrogens with one attached hydrogen (secondary N) is 2. The molecule has 3 rings (SSSR count). The number of fused-ring (bicyclic) bond motifs is 1. The Hall–Kier alpha value is -2.50. The van der Waals surface area contributed by atoms with Gasteiger partial charge in [0.25, 0.3) is 5.91 Å². The summed E-state index contributed by atoms with van der Waals surface area (Å²) in [6.07, 6.45) is 4.27. The van der Waals surface area contributed by atoms with Crippen molar-refractivity contribution in [3.05, 3.63) is 41.2 Å². The molecule has 1 aliphatic heterocycles. The van der Waals surface area contributed by atoms with Crippen molar-refractivity contribution < 1.29 is 14.3 Å². The predicted octanol–water partition coefficient (Wildman–Crippen LogP) is 2.35. The first-order valence-electron chi connectivity index (χ1n) is 8.31. The van der Waals surface area contributed by atoms with E-state index >= 15 is 0 Å². The third-order valence-electron chi connectivity index (χ3n) is 4.27. The summed E-state index contributed by atoms with van der Waals surface area (Å²) >= 11 is 0. The van der Waals surface area contributed by atoms with Crippen LogP contribution in [0.4, 0.5) is 0 Å². The zero-order chi connectivity index (χ0) is 16.9. The van der Waals surface area contributed by atoms with Gasteiger partial charge in [0.05, 0.1) is 25.5 Å². The van der Waals surface area contributed by atoms with E-state index in [9.17, 15) is 4.79 Å². The highest BCUT2D eigenvalue weighted by atomic mass is 16.5. The Morgan fingerprint density at radius 1 is 1.50 bits per heavy atom. The molecule has 128 valence electrons. The highest BCUT2D eigenvalue weighted by Gasteiger charge is 2.22. The number of rotatable bonds is 6. The zero-order valence-corrected chi connectivity index (χ0v) is 14.1. The molecule has 24 heavy (non-hydrogen) atoms. The average molecular weight is 329 g/mol. The summed E-state index contributed by atoms with van der Waals surface area (Å²) in [6, 6.07) is 5.87. The molecule has 0 spiro atoms. The number of H-pyrrole nitrogens is 1. The van der Waals surface area contributed by atoms with Gasteiger partial charge in [-0.2, -0.15) is 5.10 Å². The molecule has 0 saturated carbocycles. The summed E-state index contributed by atoms with van der Waals surface area (Å²) < 4.78 is 11.0. The molecule has 0 radical (unpaired) electrons. The maximum Gasteiger partial charge on any atom is 0.254 e. The van der Waals surface area contributed by atoms with E-state index in [0.29, 0.717) is 18.7 Å². The molecule has 6 heteroatoms. The summed E-state index contributed by atoms with van der Waals surface area (Å²) in [5.74, 6) is 1.85. The van der Waals surface area contributed by atoms with Gasteiger partial charge in [0.15, 0.2) is 0 Å². The topological polar surface area (TPSA) is 76.2 Å². The molecule has 1 aromatic heterocycles. The van der Waals surface area contributed by atoms with E-state index in [4.69, 9.17) is 9.47 Å². The van der Waals surface area contributed by atoms with Crippen molar-refractivity contribution in [1.82, 2.24) is 15.5 Å². The Bertz CT molecular complexity index is 711. The SMILES string of the molecule is CCCc1[nH]ncc1C(=O)NC[C@H]1COc2cc(OC)ccc2C1. The summed E-state index contributed by atoms with van der Waals surface area (Å²) in [6.45, 7) is 3.25. The highest BCUT2D eigenvalue weighted by Crippen LogP contribution is 2.30. The van der Waals surface area contributed by atoms with Gasteiger partial charge in [0.1, 0.15) is 11.5 Å². The van der Waals surface area contributed by atoms with E-state index in [1.807, 2.05) is 18.2 Å². The highest BCUT2D eigenvalue weighted by molar-refractivity contribution is 5.95. The van der Waals surface area contributed by atoms with Gasteiger partial charge in [0.2, 0.25) is 0 Å². The Morgan fingerprint density at radius 2 is 2.38 bits per heavy atom. The standard InChI is InChI=1S/C18H23N3O3/c1-3-4-16-15(10-20-21-16)18(22)19-9-12-7-13-5-6-14(23-2)8-17(13)24-11-12/h5-6,8,10,12H,3-4,7,9,11H2,1-2H3,(H,19,22)(H,20,21)/t12-/m0/s1. The number of amides is 1. The fourth-order valence-corrected chi connectivity index (χ4v) is 2.95. The van der Waals surface area contributed by atoms with E-state index in [1.165, 1.54) is 0 Å². The van der Waals surface area contributed by atoms with Crippen LogP contribution in [0.25, 0.3) is 0 Å². The monoisotopic (exact) mass is 329 g/mol. The first-order chi connectivity index (χ1) is 11.7. The van der Waals surface area contributed by atoms with Gasteiger partial charge in [-0.3, -0.25) is 9.89 Å². The molecule has 0 bridgehead atoms. The van der Waals surface area contributed by atoms with Crippen LogP contribution < -0.4 is 14.8 Å². The average Bonchev–Trinajstić information content (AvgIpc) is 3.07. The Labute approximate surface area is 141 Å². The third kappa shape index (κ3) is 3.53. The van der Waals surface area contributed by atoms with Crippen molar-refractivity contribution in [2.24, 2.45) is 5.92 Å². The summed E-state index contributed by atoms with van der Waals surface area (Å²) in [7, 11) is 1.64. The van der Waals surface area contributed by atoms with Crippen LogP contribution in [0.15, 0.2) is 24.4 Å². The van der Waals surface area contributed by atoms with Crippen LogP contribution in [0, 0.1) is 5.92 Å². The molecule has 1 amide bonds. The minimum absolute atomic E-state index is 0.0762. The number of aryl methyl sites for hydroxylation is 1. The van der Waals surface area contributed by atoms with E-state index in [1.54, 1.807) is 13.3 Å². The zero-order valence-electron chi connectivity index (χ0n) is 14.1. The lowest BCUT2D eigenvalue weighted by Crippen LogP contribution is -2.35. The second-order valence-electron chi connectivity index (χ2n) is 6.08. The maximum atomic E-state index is 12.3. The van der Waals surface area contributed by atoms with Crippen molar-refractivity contribution >= 4 is 5.91 Å². The van der Waals surface area contributed by atoms with Crippen LogP contribution in [-0.4, -0.2) is 36.4 Å². The lowest BCUT2D eigenvalue weighted by molar-refractivity contribution is 0.0938. The number of benzene rings is 1. The minimum atomic E-state index is -0.0762. The number of carbonyl (C=O) groups excluding carboxylic acids is 1. The molecular formula is C18H23N3O3. The van der Waals surface area contributed by atoms with Crippen LogP contribution >= 0.6 is 0 Å². The van der Waals surface area contributed by atoms with Crippen molar-refractivity contribution in [2.45, 2.75) is 26.2 Å². The van der Waals surface area contributed by atoms with Gasteiger partial charge < -0.3 is 14.8 Å². The number of aromatic amines is 1. The number of ether oxygens (including phenoxy) is 2. The van der Waals surface area contributed by atoms with E-state index in [2.05, 4.69) is 22.4 Å². The van der Waals surface area contributed by atoms with Gasteiger partial charge in [-0.15, -0.1) is 0 Å². The lowest BCUT2D eigenvalue weighted by atomic mass is 9.96. The van der Waals surface area contributed by atoms with Crippen molar-refractivity contribution in [3.8, 4) is 11.5 Å². The maximum absolute atomic E-state index is 12.3. The predicted molar refractivity (Wildman–Crippen MR) is 90.6 cm³/mol. The number of hydrogen-bond acceptors (Lipinski definition) is 4. The largest absolute Gasteiger partial charge is 0.497 e. The van der Waals surface area contributed by atoms with Gasteiger partial charge in [0, 0.05) is 24.2 Å². The quantitative estimate of drug-likeness (QED) is 0.853. The molecule has 2 heterocycles. The first kappa shape index (κ1) is 16.4. The van der Waals surface area contributed by atoms with Crippen LogP contribution in [0.5, 0.6) is 11.5 Å². The van der Waals surface area contributed by atoms with Gasteiger partial charge in [-0.25, -0.2) is 0 Å². The molecule has 0 fully saturated rings. The summed E-state index contributed by atoms with van der Waals surface area (Å²) in [5, 5.41) is 9.89. The van der Waals surface area contributed by atoms with E-state index in [-0.39, 0.29) is 11.8 Å². The van der Waals surface area contributed by atoms with Crippen molar-refractivity contribution in [3.63, 3.8) is 0 Å². The molecule has 6 nitrogen and oxygen atoms in total. The number of hydrogen-bond donors (Lipinski definition) is 2. The number of nitrogens with zero attached hydrogens (tertiary/aromatic N) is 1. The Kier molecular flexibility index (Phi) is 5.03. The summed E-state index contributed by atoms with van der Waals surface area (Å²) in [4.78, 5) is 12.3. The molecule has 0 saturated heterocycles.